The Morgan fingerprint density at radius 3 is 2.67 bits per heavy atom. The summed E-state index contributed by atoms with van der Waals surface area (Å²) >= 11 is 7.46. The van der Waals surface area contributed by atoms with Crippen molar-refractivity contribution in [1.82, 2.24) is 9.88 Å². The van der Waals surface area contributed by atoms with Crippen molar-refractivity contribution < 1.29 is 0 Å². The summed E-state index contributed by atoms with van der Waals surface area (Å²) in [5.74, 6) is 0. The number of nitrogens with zero attached hydrogens (tertiary/aromatic N) is 3. The van der Waals surface area contributed by atoms with Gasteiger partial charge in [-0.15, -0.1) is 11.3 Å². The van der Waals surface area contributed by atoms with Crippen LogP contribution < -0.4 is 4.90 Å². The Labute approximate surface area is 99.7 Å². The molecule has 1 aliphatic heterocycles. The third kappa shape index (κ3) is 2.83. The molecule has 1 saturated heterocycles. The number of hydrogen-bond donors (Lipinski definition) is 0. The molecular formula is C10H16ClN3S. The van der Waals surface area contributed by atoms with Gasteiger partial charge in [0.25, 0.3) is 0 Å². The van der Waals surface area contributed by atoms with Gasteiger partial charge in [0.05, 0.1) is 0 Å². The fourth-order valence-electron chi connectivity index (χ4n) is 1.87. The normalized spacial score (nSPS) is 18.4. The number of aromatic nitrogens is 1. The van der Waals surface area contributed by atoms with Crippen LogP contribution in [0.3, 0.4) is 0 Å². The second kappa shape index (κ2) is 5.14. The summed E-state index contributed by atoms with van der Waals surface area (Å²) in [7, 11) is 0. The van der Waals surface area contributed by atoms with Crippen LogP contribution in [0.15, 0.2) is 5.38 Å². The van der Waals surface area contributed by atoms with E-state index in [9.17, 15) is 0 Å². The second-order valence-electron chi connectivity index (χ2n) is 3.78. The zero-order chi connectivity index (χ0) is 10.7. The van der Waals surface area contributed by atoms with E-state index in [0.717, 1.165) is 31.3 Å². The number of hydrogen-bond acceptors (Lipinski definition) is 4. The molecule has 0 N–H and O–H groups in total. The smallest absolute Gasteiger partial charge is 0.186 e. The molecule has 0 saturated carbocycles. The zero-order valence-electron chi connectivity index (χ0n) is 8.95. The van der Waals surface area contributed by atoms with Crippen LogP contribution in [-0.2, 0) is 0 Å². The van der Waals surface area contributed by atoms with Crippen LogP contribution in [0.5, 0.6) is 0 Å². The van der Waals surface area contributed by atoms with Gasteiger partial charge in [-0.2, -0.15) is 0 Å². The van der Waals surface area contributed by atoms with Crippen molar-refractivity contribution in [2.45, 2.75) is 13.3 Å². The number of halogens is 1. The van der Waals surface area contributed by atoms with E-state index in [1.165, 1.54) is 13.0 Å². The molecule has 0 bridgehead atoms. The second-order valence-corrected chi connectivity index (χ2v) is 5.01. The van der Waals surface area contributed by atoms with E-state index >= 15 is 0 Å². The average molecular weight is 246 g/mol. The van der Waals surface area contributed by atoms with E-state index < -0.39 is 0 Å². The largest absolute Gasteiger partial charge is 0.345 e. The van der Waals surface area contributed by atoms with Crippen molar-refractivity contribution in [2.24, 2.45) is 0 Å². The Morgan fingerprint density at radius 1 is 1.40 bits per heavy atom. The first-order chi connectivity index (χ1) is 7.29. The molecule has 0 spiro atoms. The lowest BCUT2D eigenvalue weighted by Crippen LogP contribution is -2.46. The first-order valence-corrected chi connectivity index (χ1v) is 6.63. The van der Waals surface area contributed by atoms with E-state index in [1.54, 1.807) is 11.3 Å². The van der Waals surface area contributed by atoms with E-state index in [0.29, 0.717) is 5.15 Å². The maximum atomic E-state index is 5.82. The van der Waals surface area contributed by atoms with Crippen molar-refractivity contribution in [1.29, 1.82) is 0 Å². The molecule has 2 rings (SSSR count). The number of rotatable bonds is 3. The minimum absolute atomic E-state index is 0.617. The molecule has 1 aromatic heterocycles. The molecule has 84 valence electrons. The molecule has 0 aliphatic carbocycles. The van der Waals surface area contributed by atoms with Gasteiger partial charge in [0.2, 0.25) is 0 Å². The highest BCUT2D eigenvalue weighted by molar-refractivity contribution is 7.14. The van der Waals surface area contributed by atoms with Crippen molar-refractivity contribution >= 4 is 28.1 Å². The number of thiazole rings is 1. The maximum absolute atomic E-state index is 5.82. The first kappa shape index (κ1) is 11.2. The topological polar surface area (TPSA) is 19.4 Å². The molecule has 3 nitrogen and oxygen atoms in total. The maximum Gasteiger partial charge on any atom is 0.186 e. The Kier molecular flexibility index (Phi) is 3.83. The van der Waals surface area contributed by atoms with Crippen molar-refractivity contribution in [2.75, 3.05) is 37.6 Å². The van der Waals surface area contributed by atoms with Crippen LogP contribution in [-0.4, -0.2) is 42.6 Å². The van der Waals surface area contributed by atoms with Gasteiger partial charge < -0.3 is 4.90 Å². The molecular weight excluding hydrogens is 230 g/mol. The van der Waals surface area contributed by atoms with Gasteiger partial charge >= 0.3 is 0 Å². The van der Waals surface area contributed by atoms with Gasteiger partial charge in [-0.05, 0) is 13.0 Å². The van der Waals surface area contributed by atoms with E-state index in [4.69, 9.17) is 11.6 Å². The SMILES string of the molecule is CCCN1CCN(c2nc(Cl)cs2)CC1. The molecule has 1 aliphatic rings. The lowest BCUT2D eigenvalue weighted by atomic mass is 10.3. The summed E-state index contributed by atoms with van der Waals surface area (Å²) in [6, 6.07) is 0. The van der Waals surface area contributed by atoms with Crippen LogP contribution in [0.2, 0.25) is 5.15 Å². The summed E-state index contributed by atoms with van der Waals surface area (Å²) in [4.78, 5) is 9.12. The Balaban J connectivity index is 1.88. The van der Waals surface area contributed by atoms with E-state index in [1.807, 2.05) is 5.38 Å². The molecule has 0 unspecified atom stereocenters. The Hall–Kier alpha value is -0.320. The number of piperazine rings is 1. The molecule has 0 radical (unpaired) electrons. The lowest BCUT2D eigenvalue weighted by Gasteiger charge is -2.34. The van der Waals surface area contributed by atoms with Gasteiger partial charge in [0.15, 0.2) is 5.13 Å². The van der Waals surface area contributed by atoms with Crippen molar-refractivity contribution in [3.8, 4) is 0 Å². The summed E-state index contributed by atoms with van der Waals surface area (Å²) < 4.78 is 0. The lowest BCUT2D eigenvalue weighted by molar-refractivity contribution is 0.258. The Bertz CT molecular complexity index is 307. The molecule has 0 atom stereocenters. The minimum atomic E-state index is 0.617. The average Bonchev–Trinajstić information content (AvgIpc) is 2.67. The number of anilines is 1. The predicted molar refractivity (Wildman–Crippen MR) is 66.1 cm³/mol. The van der Waals surface area contributed by atoms with Crippen LogP contribution >= 0.6 is 22.9 Å². The summed E-state index contributed by atoms with van der Waals surface area (Å²) in [5, 5.41) is 3.58. The summed E-state index contributed by atoms with van der Waals surface area (Å²) in [6.45, 7) is 7.88. The fourth-order valence-corrected chi connectivity index (χ4v) is 2.87. The van der Waals surface area contributed by atoms with Crippen molar-refractivity contribution in [3.05, 3.63) is 10.5 Å². The van der Waals surface area contributed by atoms with Crippen LogP contribution in [0.4, 0.5) is 5.13 Å². The van der Waals surface area contributed by atoms with Crippen LogP contribution in [0.25, 0.3) is 0 Å². The van der Waals surface area contributed by atoms with Crippen LogP contribution in [0.1, 0.15) is 13.3 Å². The molecule has 0 aromatic carbocycles. The monoisotopic (exact) mass is 245 g/mol. The van der Waals surface area contributed by atoms with Gasteiger partial charge in [0.1, 0.15) is 5.15 Å². The minimum Gasteiger partial charge on any atom is -0.345 e. The third-order valence-electron chi connectivity index (χ3n) is 2.65. The van der Waals surface area contributed by atoms with Gasteiger partial charge in [-0.3, -0.25) is 4.90 Å². The Morgan fingerprint density at radius 2 is 2.13 bits per heavy atom. The van der Waals surface area contributed by atoms with E-state index in [2.05, 4.69) is 21.7 Å². The quantitative estimate of drug-likeness (QED) is 0.815. The fraction of sp³-hybridized carbons (Fsp3) is 0.700. The van der Waals surface area contributed by atoms with Crippen molar-refractivity contribution in [3.63, 3.8) is 0 Å². The highest BCUT2D eigenvalue weighted by atomic mass is 35.5. The standard InChI is InChI=1S/C10H16ClN3S/c1-2-3-13-4-6-14(7-5-13)10-12-9(11)8-15-10/h8H,2-7H2,1H3. The molecule has 1 aromatic rings. The zero-order valence-corrected chi connectivity index (χ0v) is 10.5. The summed E-state index contributed by atoms with van der Waals surface area (Å²) in [6.07, 6.45) is 1.24. The van der Waals surface area contributed by atoms with E-state index in [-0.39, 0.29) is 0 Å². The summed E-state index contributed by atoms with van der Waals surface area (Å²) in [5.41, 5.74) is 0. The molecule has 1 fully saturated rings. The molecule has 15 heavy (non-hydrogen) atoms. The van der Waals surface area contributed by atoms with Gasteiger partial charge in [-0.1, -0.05) is 18.5 Å². The predicted octanol–water partition coefficient (Wildman–Crippen LogP) is 2.33. The molecule has 2 heterocycles. The van der Waals surface area contributed by atoms with Crippen LogP contribution in [0, 0.1) is 0 Å². The highest BCUT2D eigenvalue weighted by Gasteiger charge is 2.18. The molecule has 0 amide bonds. The van der Waals surface area contributed by atoms with Gasteiger partial charge in [-0.25, -0.2) is 4.98 Å². The molecule has 5 heteroatoms. The third-order valence-corrected chi connectivity index (χ3v) is 3.87. The highest BCUT2D eigenvalue weighted by Crippen LogP contribution is 2.24. The van der Waals surface area contributed by atoms with Gasteiger partial charge in [0, 0.05) is 31.6 Å². The first-order valence-electron chi connectivity index (χ1n) is 5.38.